The topological polar surface area (TPSA) is 142 Å². The summed E-state index contributed by atoms with van der Waals surface area (Å²) in [5.41, 5.74) is 0.275. The molecule has 2 amide bonds. The quantitative estimate of drug-likeness (QED) is 0.553. The fourth-order valence-corrected chi connectivity index (χ4v) is 3.63. The predicted octanol–water partition coefficient (Wildman–Crippen LogP) is 1.92. The van der Waals surface area contributed by atoms with Crippen LogP contribution in [0.3, 0.4) is 0 Å². The number of fused-ring (bicyclic) bond motifs is 2. The van der Waals surface area contributed by atoms with Gasteiger partial charge in [0.15, 0.2) is 18.1 Å². The molecule has 0 bridgehead atoms. The van der Waals surface area contributed by atoms with Crippen LogP contribution in [0.4, 0.5) is 0 Å². The normalized spacial score (nSPS) is 15.0. The summed E-state index contributed by atoms with van der Waals surface area (Å²) in [7, 11) is 0. The standard InChI is InChI=1S/C23H17NO10/c25-15-8-13(32-11-21(28)34-24-19(26)3-4-20(24)27)9-18-22(15)23(29)14(10-33-18)12-1-2-16-17(7-12)31-6-5-30-16/h1-2,7-10,25H,3-6,11H2. The molecule has 0 spiro atoms. The molecule has 5 rings (SSSR count). The molecule has 1 aromatic heterocycles. The Bertz CT molecular complexity index is 1380. The van der Waals surface area contributed by atoms with Crippen molar-refractivity contribution in [3.05, 3.63) is 46.8 Å². The molecule has 0 atom stereocenters. The average molecular weight is 467 g/mol. The number of carbonyl (C=O) groups excluding carboxylic acids is 3. The number of amides is 2. The second kappa shape index (κ2) is 8.43. The number of hydrogen-bond acceptors (Lipinski definition) is 10. The number of nitrogens with zero attached hydrogens (tertiary/aromatic N) is 1. The lowest BCUT2D eigenvalue weighted by molar-refractivity contribution is -0.198. The van der Waals surface area contributed by atoms with Gasteiger partial charge in [-0.2, -0.15) is 0 Å². The molecule has 1 saturated heterocycles. The van der Waals surface area contributed by atoms with Crippen molar-refractivity contribution >= 4 is 28.8 Å². The van der Waals surface area contributed by atoms with Gasteiger partial charge in [-0.05, 0) is 17.7 Å². The van der Waals surface area contributed by atoms with Gasteiger partial charge in [0.2, 0.25) is 5.43 Å². The van der Waals surface area contributed by atoms with Crippen molar-refractivity contribution in [3.8, 4) is 34.1 Å². The molecular formula is C23H17NO10. The number of imide groups is 1. The Kier molecular flexibility index (Phi) is 5.28. The van der Waals surface area contributed by atoms with E-state index in [4.69, 9.17) is 23.5 Å². The van der Waals surface area contributed by atoms with Crippen molar-refractivity contribution in [3.63, 3.8) is 0 Å². The van der Waals surface area contributed by atoms with Crippen molar-refractivity contribution in [2.45, 2.75) is 12.8 Å². The molecule has 0 radical (unpaired) electrons. The summed E-state index contributed by atoms with van der Waals surface area (Å²) in [4.78, 5) is 52.7. The molecule has 2 aromatic carbocycles. The summed E-state index contributed by atoms with van der Waals surface area (Å²) >= 11 is 0. The van der Waals surface area contributed by atoms with Crippen LogP contribution < -0.4 is 19.6 Å². The Morgan fingerprint density at radius 3 is 2.50 bits per heavy atom. The summed E-state index contributed by atoms with van der Waals surface area (Å²) in [5.74, 6) is -1.55. The first-order chi connectivity index (χ1) is 16.4. The Hall–Kier alpha value is -4.54. The lowest BCUT2D eigenvalue weighted by Gasteiger charge is -2.18. The maximum atomic E-state index is 13.1. The van der Waals surface area contributed by atoms with Crippen molar-refractivity contribution < 1.29 is 43.0 Å². The van der Waals surface area contributed by atoms with E-state index >= 15 is 0 Å². The molecular weight excluding hydrogens is 450 g/mol. The Morgan fingerprint density at radius 1 is 1.00 bits per heavy atom. The van der Waals surface area contributed by atoms with Crippen molar-refractivity contribution in [2.24, 2.45) is 0 Å². The minimum absolute atomic E-state index is 0.0104. The van der Waals surface area contributed by atoms with E-state index in [1.165, 1.54) is 12.3 Å². The van der Waals surface area contributed by atoms with Gasteiger partial charge >= 0.3 is 5.97 Å². The highest BCUT2D eigenvalue weighted by Crippen LogP contribution is 2.35. The zero-order chi connectivity index (χ0) is 23.8. The van der Waals surface area contributed by atoms with Crippen LogP contribution in [-0.4, -0.2) is 47.8 Å². The van der Waals surface area contributed by atoms with E-state index in [9.17, 15) is 24.3 Å². The van der Waals surface area contributed by atoms with Gasteiger partial charge in [-0.3, -0.25) is 14.4 Å². The molecule has 0 unspecified atom stereocenters. The van der Waals surface area contributed by atoms with E-state index < -0.39 is 35.6 Å². The molecule has 174 valence electrons. The molecule has 2 aliphatic rings. The monoisotopic (exact) mass is 467 g/mol. The van der Waals surface area contributed by atoms with Gasteiger partial charge < -0.3 is 28.6 Å². The Morgan fingerprint density at radius 2 is 1.74 bits per heavy atom. The molecule has 0 aliphatic carbocycles. The predicted molar refractivity (Wildman–Crippen MR) is 113 cm³/mol. The number of phenolic OH excluding ortho intramolecular Hbond substituents is 1. The average Bonchev–Trinajstić information content (AvgIpc) is 3.14. The van der Waals surface area contributed by atoms with E-state index in [0.29, 0.717) is 35.3 Å². The fourth-order valence-electron chi connectivity index (χ4n) is 3.63. The molecule has 11 heteroatoms. The van der Waals surface area contributed by atoms with Gasteiger partial charge in [0, 0.05) is 25.0 Å². The van der Waals surface area contributed by atoms with Crippen LogP contribution in [0.25, 0.3) is 22.1 Å². The SMILES string of the molecule is O=C(COc1cc(O)c2c(=O)c(-c3ccc4c(c3)OCCO4)coc2c1)ON1C(=O)CCC1=O. The van der Waals surface area contributed by atoms with Crippen LogP contribution in [0.15, 0.2) is 45.8 Å². The molecule has 3 heterocycles. The van der Waals surface area contributed by atoms with Crippen molar-refractivity contribution in [1.29, 1.82) is 0 Å². The van der Waals surface area contributed by atoms with Gasteiger partial charge in [0.25, 0.3) is 11.8 Å². The van der Waals surface area contributed by atoms with Crippen molar-refractivity contribution in [2.75, 3.05) is 19.8 Å². The smallest absolute Gasteiger partial charge is 0.370 e. The van der Waals surface area contributed by atoms with Crippen LogP contribution in [0.5, 0.6) is 23.0 Å². The van der Waals surface area contributed by atoms with Crippen LogP contribution >= 0.6 is 0 Å². The van der Waals surface area contributed by atoms with E-state index in [-0.39, 0.29) is 35.1 Å². The maximum Gasteiger partial charge on any atom is 0.370 e. The van der Waals surface area contributed by atoms with Gasteiger partial charge in [-0.1, -0.05) is 6.07 Å². The molecule has 1 N–H and O–H groups in total. The summed E-state index contributed by atoms with van der Waals surface area (Å²) in [6, 6.07) is 7.49. The van der Waals surface area contributed by atoms with Crippen molar-refractivity contribution in [1.82, 2.24) is 5.06 Å². The number of benzene rings is 2. The number of ether oxygens (including phenoxy) is 3. The van der Waals surface area contributed by atoms with E-state index in [2.05, 4.69) is 0 Å². The van der Waals surface area contributed by atoms with Crippen LogP contribution in [0.2, 0.25) is 0 Å². The lowest BCUT2D eigenvalue weighted by atomic mass is 10.0. The second-order valence-electron chi connectivity index (χ2n) is 7.49. The summed E-state index contributed by atoms with van der Waals surface area (Å²) in [6.07, 6.45) is 1.19. The highest BCUT2D eigenvalue weighted by Gasteiger charge is 2.33. The lowest BCUT2D eigenvalue weighted by Crippen LogP contribution is -2.33. The number of hydroxylamine groups is 2. The first kappa shape index (κ1) is 21.3. The third kappa shape index (κ3) is 3.87. The minimum Gasteiger partial charge on any atom is -0.507 e. The van der Waals surface area contributed by atoms with Crippen LogP contribution in [0, 0.1) is 0 Å². The molecule has 1 fully saturated rings. The van der Waals surface area contributed by atoms with Crippen LogP contribution in [-0.2, 0) is 19.2 Å². The zero-order valence-corrected chi connectivity index (χ0v) is 17.6. The van der Waals surface area contributed by atoms with Gasteiger partial charge in [0.05, 0.1) is 5.56 Å². The molecule has 11 nitrogen and oxygen atoms in total. The number of phenols is 1. The number of hydrogen-bond donors (Lipinski definition) is 1. The van der Waals surface area contributed by atoms with Gasteiger partial charge in [-0.25, -0.2) is 4.79 Å². The fraction of sp³-hybridized carbons (Fsp3) is 0.217. The molecule has 0 saturated carbocycles. The zero-order valence-electron chi connectivity index (χ0n) is 17.6. The summed E-state index contributed by atoms with van der Waals surface area (Å²) in [5, 5.41) is 10.8. The Labute approximate surface area is 190 Å². The number of carbonyl (C=O) groups is 3. The molecule has 3 aromatic rings. The second-order valence-corrected chi connectivity index (χ2v) is 7.49. The minimum atomic E-state index is -0.987. The van der Waals surface area contributed by atoms with E-state index in [1.807, 2.05) is 0 Å². The number of aromatic hydroxyl groups is 1. The van der Waals surface area contributed by atoms with E-state index in [1.54, 1.807) is 18.2 Å². The van der Waals surface area contributed by atoms with Gasteiger partial charge in [0.1, 0.15) is 41.9 Å². The first-order valence-electron chi connectivity index (χ1n) is 10.3. The third-order valence-corrected chi connectivity index (χ3v) is 5.24. The summed E-state index contributed by atoms with van der Waals surface area (Å²) < 4.78 is 21.9. The third-order valence-electron chi connectivity index (χ3n) is 5.24. The molecule has 34 heavy (non-hydrogen) atoms. The molecule has 2 aliphatic heterocycles. The largest absolute Gasteiger partial charge is 0.507 e. The van der Waals surface area contributed by atoms with E-state index in [0.717, 1.165) is 6.07 Å². The highest BCUT2D eigenvalue weighted by molar-refractivity contribution is 6.01. The number of rotatable bonds is 5. The maximum absolute atomic E-state index is 13.1. The first-order valence-corrected chi connectivity index (χ1v) is 10.3. The highest BCUT2D eigenvalue weighted by atomic mass is 16.7. The Balaban J connectivity index is 1.36. The van der Waals surface area contributed by atoms with Gasteiger partial charge in [-0.15, -0.1) is 5.06 Å². The van der Waals surface area contributed by atoms with Crippen LogP contribution in [0.1, 0.15) is 12.8 Å². The summed E-state index contributed by atoms with van der Waals surface area (Å²) in [6.45, 7) is 0.182.